The van der Waals surface area contributed by atoms with Gasteiger partial charge in [0, 0.05) is 6.04 Å². The van der Waals surface area contributed by atoms with Crippen molar-refractivity contribution in [2.45, 2.75) is 25.3 Å². The van der Waals surface area contributed by atoms with Crippen LogP contribution in [0.1, 0.15) is 30.9 Å². The highest BCUT2D eigenvalue weighted by atomic mass is 14.7. The minimum atomic E-state index is 0.227. The molecule has 2 aliphatic rings. The van der Waals surface area contributed by atoms with Gasteiger partial charge in [0.05, 0.1) is 0 Å². The van der Waals surface area contributed by atoms with Gasteiger partial charge in [-0.3, -0.25) is 0 Å². The summed E-state index contributed by atoms with van der Waals surface area (Å²) in [6.07, 6.45) is 3.97. The van der Waals surface area contributed by atoms with Gasteiger partial charge in [-0.25, -0.2) is 0 Å². The number of nitrogens with two attached hydrogens (primary N) is 2. The Morgan fingerprint density at radius 3 is 2.41 bits per heavy atom. The molecule has 0 saturated heterocycles. The van der Waals surface area contributed by atoms with Crippen molar-refractivity contribution in [3.8, 4) is 0 Å². The number of benzene rings is 1. The lowest BCUT2D eigenvalue weighted by Crippen LogP contribution is -2.30. The first-order chi connectivity index (χ1) is 8.29. The monoisotopic (exact) mass is 230 g/mol. The molecule has 2 bridgehead atoms. The van der Waals surface area contributed by atoms with Crippen molar-refractivity contribution >= 4 is 0 Å². The Morgan fingerprint density at radius 1 is 1.06 bits per heavy atom. The average Bonchev–Trinajstić information content (AvgIpc) is 2.98. The van der Waals surface area contributed by atoms with E-state index in [4.69, 9.17) is 11.5 Å². The Kier molecular flexibility index (Phi) is 2.93. The van der Waals surface area contributed by atoms with E-state index in [1.807, 2.05) is 0 Å². The van der Waals surface area contributed by atoms with Gasteiger partial charge in [-0.05, 0) is 55.0 Å². The van der Waals surface area contributed by atoms with E-state index < -0.39 is 0 Å². The first-order valence-electron chi connectivity index (χ1n) is 6.80. The minimum absolute atomic E-state index is 0.227. The second-order valence-corrected chi connectivity index (χ2v) is 5.82. The Balaban J connectivity index is 1.72. The predicted octanol–water partition coefficient (Wildman–Crippen LogP) is 2.31. The largest absolute Gasteiger partial charge is 0.330 e. The van der Waals surface area contributed by atoms with Gasteiger partial charge in [-0.15, -0.1) is 0 Å². The molecule has 0 spiro atoms. The summed E-state index contributed by atoms with van der Waals surface area (Å²) in [5.74, 6) is 3.14. The molecule has 2 heteroatoms. The molecule has 0 radical (unpaired) electrons. The van der Waals surface area contributed by atoms with Crippen LogP contribution < -0.4 is 11.5 Å². The second kappa shape index (κ2) is 4.43. The topological polar surface area (TPSA) is 52.0 Å². The molecule has 0 amide bonds. The highest BCUT2D eigenvalue weighted by Gasteiger charge is 2.47. The van der Waals surface area contributed by atoms with Crippen LogP contribution in [0.4, 0.5) is 0 Å². The standard InChI is InChI=1S/C15H22N2/c16-9-13-7-12-6-11(13)8-14(12)15(17)10-4-2-1-3-5-10/h1-5,11-15H,6-9,16-17H2. The summed E-state index contributed by atoms with van der Waals surface area (Å²) in [6, 6.07) is 10.8. The molecule has 92 valence electrons. The average molecular weight is 230 g/mol. The van der Waals surface area contributed by atoms with Crippen LogP contribution in [0.3, 0.4) is 0 Å². The lowest BCUT2D eigenvalue weighted by molar-refractivity contribution is 0.231. The van der Waals surface area contributed by atoms with Crippen LogP contribution in [0.25, 0.3) is 0 Å². The summed E-state index contributed by atoms with van der Waals surface area (Å²) in [5.41, 5.74) is 13.6. The maximum absolute atomic E-state index is 6.44. The Morgan fingerprint density at radius 2 is 1.82 bits per heavy atom. The molecule has 2 aliphatic carbocycles. The van der Waals surface area contributed by atoms with Crippen molar-refractivity contribution < 1.29 is 0 Å². The molecule has 2 saturated carbocycles. The van der Waals surface area contributed by atoms with E-state index >= 15 is 0 Å². The lowest BCUT2D eigenvalue weighted by atomic mass is 9.77. The Labute approximate surface area is 103 Å². The lowest BCUT2D eigenvalue weighted by Gasteiger charge is -2.31. The molecule has 4 N–H and O–H groups in total. The molecule has 5 atom stereocenters. The van der Waals surface area contributed by atoms with Crippen molar-refractivity contribution in [2.24, 2.45) is 35.1 Å². The first kappa shape index (κ1) is 11.2. The fourth-order valence-corrected chi connectivity index (χ4v) is 4.09. The van der Waals surface area contributed by atoms with Gasteiger partial charge in [0.25, 0.3) is 0 Å². The molecule has 0 aliphatic heterocycles. The second-order valence-electron chi connectivity index (χ2n) is 5.82. The van der Waals surface area contributed by atoms with Gasteiger partial charge in [0.2, 0.25) is 0 Å². The maximum Gasteiger partial charge on any atom is 0.0326 e. The third-order valence-corrected chi connectivity index (χ3v) is 5.01. The quantitative estimate of drug-likeness (QED) is 0.837. The van der Waals surface area contributed by atoms with Crippen LogP contribution in [0, 0.1) is 23.7 Å². The zero-order valence-corrected chi connectivity index (χ0v) is 10.3. The van der Waals surface area contributed by atoms with Crippen LogP contribution in [-0.2, 0) is 0 Å². The maximum atomic E-state index is 6.44. The summed E-state index contributed by atoms with van der Waals surface area (Å²) >= 11 is 0. The van der Waals surface area contributed by atoms with Crippen LogP contribution in [-0.4, -0.2) is 6.54 Å². The normalized spacial score (nSPS) is 37.3. The van der Waals surface area contributed by atoms with E-state index in [0.717, 1.165) is 24.3 Å². The number of hydrogen-bond acceptors (Lipinski definition) is 2. The molecule has 1 aromatic carbocycles. The van der Waals surface area contributed by atoms with Gasteiger partial charge < -0.3 is 11.5 Å². The molecule has 17 heavy (non-hydrogen) atoms. The van der Waals surface area contributed by atoms with Crippen LogP contribution in [0.5, 0.6) is 0 Å². The third-order valence-electron chi connectivity index (χ3n) is 5.01. The molecule has 0 aromatic heterocycles. The Hall–Kier alpha value is -0.860. The highest BCUT2D eigenvalue weighted by molar-refractivity contribution is 5.20. The van der Waals surface area contributed by atoms with Crippen molar-refractivity contribution in [2.75, 3.05) is 6.54 Å². The summed E-state index contributed by atoms with van der Waals surface area (Å²) < 4.78 is 0. The minimum Gasteiger partial charge on any atom is -0.330 e. The van der Waals surface area contributed by atoms with Crippen molar-refractivity contribution in [1.82, 2.24) is 0 Å². The Bertz CT molecular complexity index is 376. The number of rotatable bonds is 3. The third kappa shape index (κ3) is 1.90. The predicted molar refractivity (Wildman–Crippen MR) is 70.2 cm³/mol. The molecule has 5 unspecified atom stereocenters. The number of hydrogen-bond donors (Lipinski definition) is 2. The van der Waals surface area contributed by atoms with Gasteiger partial charge in [-0.1, -0.05) is 30.3 Å². The van der Waals surface area contributed by atoms with E-state index in [0.29, 0.717) is 5.92 Å². The summed E-state index contributed by atoms with van der Waals surface area (Å²) in [5, 5.41) is 0. The van der Waals surface area contributed by atoms with Crippen LogP contribution in [0.15, 0.2) is 30.3 Å². The van der Waals surface area contributed by atoms with Gasteiger partial charge >= 0.3 is 0 Å². The summed E-state index contributed by atoms with van der Waals surface area (Å²) in [7, 11) is 0. The molecule has 2 fully saturated rings. The van der Waals surface area contributed by atoms with E-state index in [1.165, 1.54) is 24.8 Å². The fraction of sp³-hybridized carbons (Fsp3) is 0.600. The summed E-state index contributed by atoms with van der Waals surface area (Å²) in [6.45, 7) is 0.870. The molecular formula is C15H22N2. The molecule has 3 rings (SSSR count). The van der Waals surface area contributed by atoms with E-state index in [2.05, 4.69) is 30.3 Å². The van der Waals surface area contributed by atoms with Crippen molar-refractivity contribution in [1.29, 1.82) is 0 Å². The molecule has 1 aromatic rings. The molecule has 2 nitrogen and oxygen atoms in total. The molecule has 0 heterocycles. The fourth-order valence-electron chi connectivity index (χ4n) is 4.09. The van der Waals surface area contributed by atoms with Crippen LogP contribution >= 0.6 is 0 Å². The van der Waals surface area contributed by atoms with E-state index in [-0.39, 0.29) is 6.04 Å². The SMILES string of the molecule is NCC1CC2CC1CC2C(N)c1ccccc1. The number of fused-ring (bicyclic) bond motifs is 2. The van der Waals surface area contributed by atoms with Crippen LogP contribution in [0.2, 0.25) is 0 Å². The highest BCUT2D eigenvalue weighted by Crippen LogP contribution is 2.54. The first-order valence-corrected chi connectivity index (χ1v) is 6.80. The zero-order chi connectivity index (χ0) is 11.8. The van der Waals surface area contributed by atoms with E-state index in [9.17, 15) is 0 Å². The molecular weight excluding hydrogens is 208 g/mol. The zero-order valence-electron chi connectivity index (χ0n) is 10.3. The van der Waals surface area contributed by atoms with Crippen molar-refractivity contribution in [3.63, 3.8) is 0 Å². The van der Waals surface area contributed by atoms with E-state index in [1.54, 1.807) is 0 Å². The van der Waals surface area contributed by atoms with Gasteiger partial charge in [0.1, 0.15) is 0 Å². The van der Waals surface area contributed by atoms with Crippen molar-refractivity contribution in [3.05, 3.63) is 35.9 Å². The van der Waals surface area contributed by atoms with Gasteiger partial charge in [-0.2, -0.15) is 0 Å². The summed E-state index contributed by atoms with van der Waals surface area (Å²) in [4.78, 5) is 0. The smallest absolute Gasteiger partial charge is 0.0326 e. The van der Waals surface area contributed by atoms with Gasteiger partial charge in [0.15, 0.2) is 0 Å².